The molecule has 0 unspecified atom stereocenters. The zero-order chi connectivity index (χ0) is 11.4. The van der Waals surface area contributed by atoms with E-state index in [-0.39, 0.29) is 0 Å². The minimum Gasteiger partial charge on any atom is -0.363 e. The van der Waals surface area contributed by atoms with Crippen LogP contribution < -0.4 is 5.32 Å². The summed E-state index contributed by atoms with van der Waals surface area (Å²) in [5, 5.41) is 3.17. The summed E-state index contributed by atoms with van der Waals surface area (Å²) < 4.78 is 0. The van der Waals surface area contributed by atoms with E-state index in [4.69, 9.17) is 0 Å². The van der Waals surface area contributed by atoms with Crippen molar-refractivity contribution in [3.63, 3.8) is 0 Å². The molecule has 16 heavy (non-hydrogen) atoms. The Hall–Kier alpha value is -1.91. The lowest BCUT2D eigenvalue weighted by Gasteiger charge is -2.02. The summed E-state index contributed by atoms with van der Waals surface area (Å²) in [6.45, 7) is 4.90. The van der Waals surface area contributed by atoms with Crippen LogP contribution in [0.4, 0.5) is 5.82 Å². The summed E-state index contributed by atoms with van der Waals surface area (Å²) in [5.74, 6) is 2.20. The third-order valence-corrected chi connectivity index (χ3v) is 2.22. The highest BCUT2D eigenvalue weighted by atomic mass is 15.0. The molecular formula is C11H15N5. The summed E-state index contributed by atoms with van der Waals surface area (Å²) >= 11 is 0. The minimum atomic E-state index is 0.422. The van der Waals surface area contributed by atoms with E-state index >= 15 is 0 Å². The third-order valence-electron chi connectivity index (χ3n) is 2.22. The lowest BCUT2D eigenvalue weighted by atomic mass is 10.2. The Bertz CT molecular complexity index is 435. The van der Waals surface area contributed by atoms with Crippen LogP contribution in [0.2, 0.25) is 0 Å². The fourth-order valence-electron chi connectivity index (χ4n) is 1.34. The van der Waals surface area contributed by atoms with Crippen molar-refractivity contribution in [1.82, 2.24) is 19.9 Å². The maximum absolute atomic E-state index is 4.30. The van der Waals surface area contributed by atoms with Crippen LogP contribution in [0.25, 0.3) is 0 Å². The van der Waals surface area contributed by atoms with Gasteiger partial charge in [-0.05, 0) is 0 Å². The van der Waals surface area contributed by atoms with E-state index in [1.807, 2.05) is 6.20 Å². The smallest absolute Gasteiger partial charge is 0.144 e. The van der Waals surface area contributed by atoms with Crippen LogP contribution in [-0.4, -0.2) is 19.9 Å². The van der Waals surface area contributed by atoms with E-state index in [0.717, 1.165) is 17.3 Å². The molecule has 0 saturated carbocycles. The van der Waals surface area contributed by atoms with Gasteiger partial charge in [0, 0.05) is 18.3 Å². The highest BCUT2D eigenvalue weighted by Crippen LogP contribution is 2.10. The van der Waals surface area contributed by atoms with Gasteiger partial charge in [0.1, 0.15) is 11.6 Å². The Morgan fingerprint density at radius 1 is 1.25 bits per heavy atom. The largest absolute Gasteiger partial charge is 0.363 e. The lowest BCUT2D eigenvalue weighted by molar-refractivity contribution is 0.789. The molecule has 0 radical (unpaired) electrons. The first-order valence-electron chi connectivity index (χ1n) is 5.29. The first-order valence-corrected chi connectivity index (χ1v) is 5.29. The lowest BCUT2D eigenvalue weighted by Crippen LogP contribution is -2.02. The molecule has 0 aliphatic heterocycles. The van der Waals surface area contributed by atoms with Crippen LogP contribution in [0.5, 0.6) is 0 Å². The van der Waals surface area contributed by atoms with Crippen molar-refractivity contribution in [2.24, 2.45) is 0 Å². The van der Waals surface area contributed by atoms with Gasteiger partial charge < -0.3 is 10.3 Å². The highest BCUT2D eigenvalue weighted by molar-refractivity contribution is 5.30. The summed E-state index contributed by atoms with van der Waals surface area (Å²) in [4.78, 5) is 15.7. The number of hydrogen-bond donors (Lipinski definition) is 2. The van der Waals surface area contributed by atoms with Gasteiger partial charge in [0.15, 0.2) is 0 Å². The summed E-state index contributed by atoms with van der Waals surface area (Å²) in [6.07, 6.45) is 6.85. The van der Waals surface area contributed by atoms with Gasteiger partial charge in [-0.15, -0.1) is 0 Å². The molecule has 0 fully saturated rings. The van der Waals surface area contributed by atoms with E-state index in [1.165, 1.54) is 0 Å². The van der Waals surface area contributed by atoms with Gasteiger partial charge in [0.25, 0.3) is 0 Å². The molecule has 84 valence electrons. The van der Waals surface area contributed by atoms with Crippen LogP contribution in [-0.2, 0) is 6.54 Å². The Morgan fingerprint density at radius 2 is 2.12 bits per heavy atom. The predicted octanol–water partition coefficient (Wildman–Crippen LogP) is 1.94. The zero-order valence-electron chi connectivity index (χ0n) is 9.44. The number of hydrogen-bond acceptors (Lipinski definition) is 4. The van der Waals surface area contributed by atoms with E-state index < -0.39 is 0 Å². The van der Waals surface area contributed by atoms with Crippen molar-refractivity contribution in [1.29, 1.82) is 0 Å². The molecule has 0 amide bonds. The molecule has 0 bridgehead atoms. The number of imidazole rings is 1. The van der Waals surface area contributed by atoms with Crippen molar-refractivity contribution in [3.8, 4) is 0 Å². The van der Waals surface area contributed by atoms with Gasteiger partial charge in [0.2, 0.25) is 0 Å². The molecule has 0 spiro atoms. The third kappa shape index (κ3) is 2.56. The van der Waals surface area contributed by atoms with Crippen LogP contribution in [0, 0.1) is 0 Å². The second-order valence-corrected chi connectivity index (χ2v) is 3.89. The predicted molar refractivity (Wildman–Crippen MR) is 62.0 cm³/mol. The standard InChI is InChI=1S/C11H15N5/c1-8(2)11-15-6-9(16-11)5-14-10-7-12-3-4-13-10/h3-4,6-8H,5H2,1-2H3,(H,13,14)(H,15,16). The second-order valence-electron chi connectivity index (χ2n) is 3.89. The number of nitrogens with zero attached hydrogens (tertiary/aromatic N) is 3. The van der Waals surface area contributed by atoms with Crippen LogP contribution in [0.15, 0.2) is 24.8 Å². The number of aromatic nitrogens is 4. The Balaban J connectivity index is 1.95. The van der Waals surface area contributed by atoms with Crippen LogP contribution in [0.1, 0.15) is 31.3 Å². The summed E-state index contributed by atoms with van der Waals surface area (Å²) in [6, 6.07) is 0. The topological polar surface area (TPSA) is 66.5 Å². The molecule has 2 aromatic heterocycles. The minimum absolute atomic E-state index is 0.422. The molecular weight excluding hydrogens is 202 g/mol. The SMILES string of the molecule is CC(C)c1ncc(CNc2cnccn2)[nH]1. The maximum Gasteiger partial charge on any atom is 0.144 e. The fraction of sp³-hybridized carbons (Fsp3) is 0.364. The second kappa shape index (κ2) is 4.74. The summed E-state index contributed by atoms with van der Waals surface area (Å²) in [7, 11) is 0. The van der Waals surface area contributed by atoms with Gasteiger partial charge >= 0.3 is 0 Å². The number of aromatic amines is 1. The number of rotatable bonds is 4. The molecule has 5 heteroatoms. The normalized spacial score (nSPS) is 10.7. The van der Waals surface area contributed by atoms with Crippen molar-refractivity contribution in [2.45, 2.75) is 26.3 Å². The van der Waals surface area contributed by atoms with Gasteiger partial charge in [-0.1, -0.05) is 13.8 Å². The van der Waals surface area contributed by atoms with Crippen molar-refractivity contribution in [2.75, 3.05) is 5.32 Å². The molecule has 0 aromatic carbocycles. The summed E-state index contributed by atoms with van der Waals surface area (Å²) in [5.41, 5.74) is 1.05. The van der Waals surface area contributed by atoms with Gasteiger partial charge in [-0.25, -0.2) is 9.97 Å². The van der Waals surface area contributed by atoms with E-state index in [2.05, 4.69) is 39.1 Å². The van der Waals surface area contributed by atoms with Crippen LogP contribution in [0.3, 0.4) is 0 Å². The first-order chi connectivity index (χ1) is 7.75. The number of anilines is 1. The average Bonchev–Trinajstić information content (AvgIpc) is 2.76. The molecule has 0 saturated heterocycles. The monoisotopic (exact) mass is 217 g/mol. The maximum atomic E-state index is 4.30. The molecule has 2 N–H and O–H groups in total. The molecule has 2 heterocycles. The molecule has 0 aliphatic rings. The van der Waals surface area contributed by atoms with Crippen LogP contribution >= 0.6 is 0 Å². The molecule has 2 rings (SSSR count). The van der Waals surface area contributed by atoms with Gasteiger partial charge in [-0.2, -0.15) is 0 Å². The Morgan fingerprint density at radius 3 is 2.75 bits per heavy atom. The number of nitrogens with one attached hydrogen (secondary N) is 2. The van der Waals surface area contributed by atoms with Crippen molar-refractivity contribution < 1.29 is 0 Å². The van der Waals surface area contributed by atoms with Crippen molar-refractivity contribution in [3.05, 3.63) is 36.3 Å². The molecule has 0 atom stereocenters. The van der Waals surface area contributed by atoms with E-state index in [9.17, 15) is 0 Å². The van der Waals surface area contributed by atoms with Gasteiger partial charge in [0.05, 0.1) is 24.6 Å². The van der Waals surface area contributed by atoms with E-state index in [0.29, 0.717) is 12.5 Å². The van der Waals surface area contributed by atoms with E-state index in [1.54, 1.807) is 18.6 Å². The molecule has 2 aromatic rings. The molecule has 5 nitrogen and oxygen atoms in total. The zero-order valence-corrected chi connectivity index (χ0v) is 9.44. The highest BCUT2D eigenvalue weighted by Gasteiger charge is 2.04. The Labute approximate surface area is 94.4 Å². The fourth-order valence-corrected chi connectivity index (χ4v) is 1.34. The van der Waals surface area contributed by atoms with Crippen molar-refractivity contribution >= 4 is 5.82 Å². The van der Waals surface area contributed by atoms with Gasteiger partial charge in [-0.3, -0.25) is 4.98 Å². The first kappa shape index (κ1) is 10.6. The number of H-pyrrole nitrogens is 1. The quantitative estimate of drug-likeness (QED) is 0.821. The molecule has 0 aliphatic carbocycles. The average molecular weight is 217 g/mol. The Kier molecular flexibility index (Phi) is 3.14.